The first-order valence-corrected chi connectivity index (χ1v) is 22.0. The van der Waals surface area contributed by atoms with Crippen molar-refractivity contribution in [1.82, 2.24) is 40.4 Å². The Morgan fingerprint density at radius 3 is 1.80 bits per heavy atom. The monoisotopic (exact) mass is 864 g/mol. The molecule has 15 nitrogen and oxygen atoms in total. The van der Waals surface area contributed by atoms with Crippen LogP contribution in [0.1, 0.15) is 73.9 Å². The molecule has 64 heavy (non-hydrogen) atoms. The zero-order valence-electron chi connectivity index (χ0n) is 35.9. The molecule has 4 aromatic carbocycles. The van der Waals surface area contributed by atoms with E-state index in [1.165, 1.54) is 14.2 Å². The van der Waals surface area contributed by atoms with Crippen molar-refractivity contribution >= 4 is 34.8 Å². The van der Waals surface area contributed by atoms with Crippen LogP contribution in [0.4, 0.5) is 9.59 Å². The van der Waals surface area contributed by atoms with E-state index >= 15 is 0 Å². The standard InChI is InChI=1S/C49H52N8O7/c1-62-48(60)54-42(32-8-4-3-5-9-32)46(58)56-22-7-11-41(56)45-51-29-39(53-45)37-19-18-35-26-34(16-17-36(35)27-37)30-12-14-31(15-13-30)38-28-50-44(52-38)40-10-6-23-57(40)47(59)43(55-49(61)63-2)33-20-24-64-25-21-33/h3-5,8-9,12-19,26-29,33,40-43H,6-7,10-11,20-25H2,1-2H3,(H,50,52)(H,51,53)(H,54,60)(H,55,61). The lowest BCUT2D eigenvalue weighted by Gasteiger charge is -2.34. The fraction of sp³-hybridized carbons (Fsp3) is 0.347. The number of amides is 4. The van der Waals surface area contributed by atoms with Gasteiger partial charge in [-0.1, -0.05) is 78.9 Å². The maximum absolute atomic E-state index is 14.0. The number of rotatable bonds is 11. The van der Waals surface area contributed by atoms with Crippen LogP contribution in [-0.4, -0.2) is 100 Å². The number of hydrogen-bond acceptors (Lipinski definition) is 9. The summed E-state index contributed by atoms with van der Waals surface area (Å²) >= 11 is 0. The van der Waals surface area contributed by atoms with E-state index in [0.717, 1.165) is 75.9 Å². The lowest BCUT2D eigenvalue weighted by molar-refractivity contribution is -0.137. The highest BCUT2D eigenvalue weighted by Gasteiger charge is 2.40. The number of likely N-dealkylation sites (tertiary alicyclic amines) is 2. The molecule has 15 heteroatoms. The predicted molar refractivity (Wildman–Crippen MR) is 240 cm³/mol. The third-order valence-corrected chi connectivity index (χ3v) is 12.9. The molecule has 9 rings (SSSR count). The maximum atomic E-state index is 14.0. The van der Waals surface area contributed by atoms with Crippen molar-refractivity contribution in [3.8, 4) is 33.6 Å². The minimum atomic E-state index is -0.883. The van der Waals surface area contributed by atoms with Gasteiger partial charge in [0, 0.05) is 31.9 Å². The quantitative estimate of drug-likeness (QED) is 0.101. The van der Waals surface area contributed by atoms with E-state index in [2.05, 4.69) is 81.3 Å². The van der Waals surface area contributed by atoms with Gasteiger partial charge in [0.2, 0.25) is 5.91 Å². The normalized spacial score (nSPS) is 18.7. The second kappa shape index (κ2) is 18.8. The van der Waals surface area contributed by atoms with E-state index in [9.17, 15) is 19.2 Å². The van der Waals surface area contributed by atoms with Crippen LogP contribution >= 0.6 is 0 Å². The van der Waals surface area contributed by atoms with Crippen molar-refractivity contribution in [2.75, 3.05) is 40.5 Å². The number of hydrogen-bond donors (Lipinski definition) is 4. The number of ether oxygens (including phenoxy) is 3. The van der Waals surface area contributed by atoms with Gasteiger partial charge in [-0.15, -0.1) is 0 Å². The molecule has 3 saturated heterocycles. The molecule has 0 spiro atoms. The minimum absolute atomic E-state index is 0.0294. The summed E-state index contributed by atoms with van der Waals surface area (Å²) in [4.78, 5) is 72.6. The number of H-pyrrole nitrogens is 2. The fourth-order valence-electron chi connectivity index (χ4n) is 9.44. The van der Waals surface area contributed by atoms with Crippen LogP contribution in [0, 0.1) is 5.92 Å². The Balaban J connectivity index is 0.868. The molecule has 3 fully saturated rings. The predicted octanol–water partition coefficient (Wildman–Crippen LogP) is 7.86. The molecular weight excluding hydrogens is 813 g/mol. The van der Waals surface area contributed by atoms with Gasteiger partial charge >= 0.3 is 12.2 Å². The number of carbonyl (C=O) groups excluding carboxylic acids is 4. The molecular formula is C49H52N8O7. The lowest BCUT2D eigenvalue weighted by atomic mass is 9.90. The molecule has 4 N–H and O–H groups in total. The molecule has 330 valence electrons. The van der Waals surface area contributed by atoms with Crippen molar-refractivity contribution in [3.63, 3.8) is 0 Å². The van der Waals surface area contributed by atoms with Crippen LogP contribution in [0.2, 0.25) is 0 Å². The summed E-state index contributed by atoms with van der Waals surface area (Å²) in [5, 5.41) is 7.71. The topological polar surface area (TPSA) is 184 Å². The van der Waals surface area contributed by atoms with Gasteiger partial charge < -0.3 is 44.6 Å². The van der Waals surface area contributed by atoms with E-state index in [-0.39, 0.29) is 29.8 Å². The van der Waals surface area contributed by atoms with Gasteiger partial charge in [-0.3, -0.25) is 9.59 Å². The number of nitrogens with zero attached hydrogens (tertiary/aromatic N) is 4. The molecule has 4 unspecified atom stereocenters. The molecule has 0 bridgehead atoms. The van der Waals surface area contributed by atoms with E-state index < -0.39 is 24.3 Å². The maximum Gasteiger partial charge on any atom is 0.407 e. The SMILES string of the molecule is COC(=O)NC(C(=O)N1CCCC1c1ncc(-c2ccc3cc(-c4ccc(-c5cnc(C6CCCN6C(=O)C(NC(=O)OC)C6CCOCC6)[nH]5)cc4)ccc3c2)[nH]1)c1ccccc1. The first kappa shape index (κ1) is 42.3. The van der Waals surface area contributed by atoms with Gasteiger partial charge in [-0.25, -0.2) is 19.6 Å². The Bertz CT molecular complexity index is 2620. The molecule has 0 aliphatic carbocycles. The molecule has 0 radical (unpaired) electrons. The summed E-state index contributed by atoms with van der Waals surface area (Å²) in [5.41, 5.74) is 6.52. The number of nitrogens with one attached hydrogen (secondary N) is 4. The van der Waals surface area contributed by atoms with Gasteiger partial charge in [0.25, 0.3) is 5.91 Å². The Hall–Kier alpha value is -7.00. The highest BCUT2D eigenvalue weighted by atomic mass is 16.5. The first-order chi connectivity index (χ1) is 31.3. The summed E-state index contributed by atoms with van der Waals surface area (Å²) < 4.78 is 15.2. The number of benzene rings is 4. The second-order valence-electron chi connectivity index (χ2n) is 16.6. The number of fused-ring (bicyclic) bond motifs is 1. The third kappa shape index (κ3) is 8.80. The van der Waals surface area contributed by atoms with Crippen molar-refractivity contribution in [3.05, 3.63) is 121 Å². The Morgan fingerprint density at radius 1 is 0.641 bits per heavy atom. The summed E-state index contributed by atoms with van der Waals surface area (Å²) in [5.74, 6) is 1.08. The average molecular weight is 865 g/mol. The molecule has 3 aliphatic rings. The summed E-state index contributed by atoms with van der Waals surface area (Å²) in [6.45, 7) is 2.26. The van der Waals surface area contributed by atoms with E-state index in [1.807, 2.05) is 47.6 Å². The molecule has 6 aromatic rings. The number of alkyl carbamates (subject to hydrolysis) is 2. The number of imidazole rings is 2. The number of aromatic nitrogens is 4. The number of methoxy groups -OCH3 is 2. The van der Waals surface area contributed by atoms with Gasteiger partial charge in [-0.05, 0) is 89.6 Å². The Kier molecular flexibility index (Phi) is 12.4. The van der Waals surface area contributed by atoms with Crippen molar-refractivity contribution < 1.29 is 33.4 Å². The summed E-state index contributed by atoms with van der Waals surface area (Å²) in [6, 6.07) is 28.2. The van der Waals surface area contributed by atoms with Crippen molar-refractivity contribution in [2.45, 2.75) is 62.7 Å². The van der Waals surface area contributed by atoms with Crippen LogP contribution in [0.5, 0.6) is 0 Å². The molecule has 4 amide bonds. The van der Waals surface area contributed by atoms with E-state index in [0.29, 0.717) is 50.5 Å². The summed E-state index contributed by atoms with van der Waals surface area (Å²) in [6.07, 6.45) is 6.92. The number of aromatic amines is 2. The van der Waals surface area contributed by atoms with Crippen LogP contribution < -0.4 is 10.6 Å². The Morgan fingerprint density at radius 2 is 1.17 bits per heavy atom. The minimum Gasteiger partial charge on any atom is -0.453 e. The molecule has 4 atom stereocenters. The van der Waals surface area contributed by atoms with Crippen LogP contribution in [0.3, 0.4) is 0 Å². The average Bonchev–Trinajstić information content (AvgIpc) is 4.20. The lowest BCUT2D eigenvalue weighted by Crippen LogP contribution is -2.53. The van der Waals surface area contributed by atoms with Crippen LogP contribution in [0.15, 0.2) is 103 Å². The van der Waals surface area contributed by atoms with Gasteiger partial charge in [0.05, 0.1) is 50.1 Å². The summed E-state index contributed by atoms with van der Waals surface area (Å²) in [7, 11) is 2.59. The third-order valence-electron chi connectivity index (χ3n) is 12.9. The van der Waals surface area contributed by atoms with Crippen LogP contribution in [0.25, 0.3) is 44.4 Å². The van der Waals surface area contributed by atoms with Crippen molar-refractivity contribution in [1.29, 1.82) is 0 Å². The molecule has 2 aromatic heterocycles. The zero-order valence-corrected chi connectivity index (χ0v) is 35.9. The highest BCUT2D eigenvalue weighted by molar-refractivity contribution is 5.91. The zero-order chi connectivity index (χ0) is 44.2. The molecule has 0 saturated carbocycles. The molecule has 3 aliphatic heterocycles. The fourth-order valence-corrected chi connectivity index (χ4v) is 9.44. The van der Waals surface area contributed by atoms with Crippen LogP contribution in [-0.2, 0) is 23.8 Å². The smallest absolute Gasteiger partial charge is 0.407 e. The van der Waals surface area contributed by atoms with Gasteiger partial charge in [-0.2, -0.15) is 0 Å². The largest absolute Gasteiger partial charge is 0.453 e. The second-order valence-corrected chi connectivity index (χ2v) is 16.6. The van der Waals surface area contributed by atoms with E-state index in [4.69, 9.17) is 24.2 Å². The van der Waals surface area contributed by atoms with Gasteiger partial charge in [0.1, 0.15) is 23.7 Å². The molecule has 5 heterocycles. The number of carbonyl (C=O) groups is 4. The first-order valence-electron chi connectivity index (χ1n) is 22.0. The van der Waals surface area contributed by atoms with E-state index in [1.54, 1.807) is 4.90 Å². The van der Waals surface area contributed by atoms with Crippen molar-refractivity contribution in [2.24, 2.45) is 5.92 Å². The Labute approximate surface area is 370 Å². The highest BCUT2D eigenvalue weighted by Crippen LogP contribution is 2.37. The van der Waals surface area contributed by atoms with Gasteiger partial charge in [0.15, 0.2) is 0 Å².